The van der Waals surface area contributed by atoms with Crippen LogP contribution < -0.4 is 0 Å². The molecule has 0 N–H and O–H groups in total. The van der Waals surface area contributed by atoms with Gasteiger partial charge < -0.3 is 0 Å². The van der Waals surface area contributed by atoms with Gasteiger partial charge in [0.1, 0.15) is 0 Å². The first kappa shape index (κ1) is 15.3. The zero-order chi connectivity index (χ0) is 15.4. The van der Waals surface area contributed by atoms with Crippen LogP contribution in [0.25, 0.3) is 22.3 Å². The quantitative estimate of drug-likeness (QED) is 0.551. The third kappa shape index (κ3) is 3.08. The Morgan fingerprint density at radius 3 is 1.45 bits per heavy atom. The van der Waals surface area contributed by atoms with Gasteiger partial charge in [-0.1, -0.05) is 66.7 Å². The Morgan fingerprint density at radius 2 is 1.00 bits per heavy atom. The number of hydrogen-bond donors (Lipinski definition) is 2. The summed E-state index contributed by atoms with van der Waals surface area (Å²) in [5.41, 5.74) is 7.48. The molecule has 0 heterocycles. The SMILES string of the molecule is SCc1ccccc1-c1cccc(-c2ccccc2CS)c1. The number of benzene rings is 3. The molecule has 0 bridgehead atoms. The van der Waals surface area contributed by atoms with Crippen molar-refractivity contribution in [3.05, 3.63) is 83.9 Å². The molecule has 2 heteroatoms. The highest BCUT2D eigenvalue weighted by atomic mass is 32.1. The van der Waals surface area contributed by atoms with Gasteiger partial charge in [0.2, 0.25) is 0 Å². The van der Waals surface area contributed by atoms with Crippen LogP contribution in [-0.4, -0.2) is 0 Å². The molecular weight excluding hydrogens is 304 g/mol. The van der Waals surface area contributed by atoms with Crippen molar-refractivity contribution in [2.45, 2.75) is 11.5 Å². The topological polar surface area (TPSA) is 0 Å². The highest BCUT2D eigenvalue weighted by Crippen LogP contribution is 2.31. The van der Waals surface area contributed by atoms with Gasteiger partial charge in [-0.25, -0.2) is 0 Å². The van der Waals surface area contributed by atoms with Gasteiger partial charge in [0.05, 0.1) is 0 Å². The maximum absolute atomic E-state index is 4.45. The predicted molar refractivity (Wildman–Crippen MR) is 103 cm³/mol. The van der Waals surface area contributed by atoms with Gasteiger partial charge >= 0.3 is 0 Å². The molecule has 0 radical (unpaired) electrons. The standard InChI is InChI=1S/C20H18S2/c21-13-17-6-1-3-10-19(17)15-8-5-9-16(12-15)20-11-4-2-7-18(20)14-22/h1-12,21-22H,13-14H2. The van der Waals surface area contributed by atoms with Crippen LogP contribution >= 0.6 is 25.3 Å². The lowest BCUT2D eigenvalue weighted by atomic mass is 9.95. The van der Waals surface area contributed by atoms with Crippen molar-refractivity contribution in [3.63, 3.8) is 0 Å². The zero-order valence-electron chi connectivity index (χ0n) is 12.2. The van der Waals surface area contributed by atoms with Gasteiger partial charge in [-0.3, -0.25) is 0 Å². The molecule has 0 unspecified atom stereocenters. The van der Waals surface area contributed by atoms with Gasteiger partial charge in [-0.05, 0) is 39.4 Å². The van der Waals surface area contributed by atoms with E-state index in [0.29, 0.717) is 0 Å². The summed E-state index contributed by atoms with van der Waals surface area (Å²) in [4.78, 5) is 0. The van der Waals surface area contributed by atoms with Crippen molar-refractivity contribution in [1.29, 1.82) is 0 Å². The smallest absolute Gasteiger partial charge is 0.0160 e. The van der Waals surface area contributed by atoms with Crippen LogP contribution in [0.1, 0.15) is 11.1 Å². The monoisotopic (exact) mass is 322 g/mol. The molecule has 0 aromatic heterocycles. The van der Waals surface area contributed by atoms with E-state index in [-0.39, 0.29) is 0 Å². The van der Waals surface area contributed by atoms with Gasteiger partial charge in [0, 0.05) is 11.5 Å². The lowest BCUT2D eigenvalue weighted by Crippen LogP contribution is -1.89. The summed E-state index contributed by atoms with van der Waals surface area (Å²) in [5, 5.41) is 0. The molecule has 0 aliphatic rings. The first-order valence-corrected chi connectivity index (χ1v) is 8.58. The first-order valence-electron chi connectivity index (χ1n) is 7.32. The van der Waals surface area contributed by atoms with E-state index in [1.54, 1.807) is 0 Å². The van der Waals surface area contributed by atoms with E-state index < -0.39 is 0 Å². The number of hydrogen-bond acceptors (Lipinski definition) is 2. The Morgan fingerprint density at radius 1 is 0.545 bits per heavy atom. The van der Waals surface area contributed by atoms with E-state index in [9.17, 15) is 0 Å². The first-order chi connectivity index (χ1) is 10.8. The molecule has 3 aromatic carbocycles. The minimum Gasteiger partial charge on any atom is -0.175 e. The van der Waals surface area contributed by atoms with Crippen LogP contribution in [-0.2, 0) is 11.5 Å². The molecule has 0 amide bonds. The van der Waals surface area contributed by atoms with Crippen LogP contribution in [0, 0.1) is 0 Å². The van der Waals surface area contributed by atoms with Crippen LogP contribution in [0.15, 0.2) is 72.8 Å². The van der Waals surface area contributed by atoms with E-state index >= 15 is 0 Å². The Hall–Kier alpha value is -1.64. The second-order valence-corrected chi connectivity index (χ2v) is 5.84. The van der Waals surface area contributed by atoms with Crippen molar-refractivity contribution < 1.29 is 0 Å². The van der Waals surface area contributed by atoms with Crippen LogP contribution in [0.4, 0.5) is 0 Å². The third-order valence-corrected chi connectivity index (χ3v) is 4.54. The van der Waals surface area contributed by atoms with E-state index in [2.05, 4.69) is 98.1 Å². The van der Waals surface area contributed by atoms with Crippen molar-refractivity contribution >= 4 is 25.3 Å². The summed E-state index contributed by atoms with van der Waals surface area (Å²) in [6, 6.07) is 25.6. The van der Waals surface area contributed by atoms with Gasteiger partial charge in [-0.2, -0.15) is 25.3 Å². The van der Waals surface area contributed by atoms with E-state index in [1.807, 2.05) is 0 Å². The molecule has 22 heavy (non-hydrogen) atoms. The Labute approximate surface area is 143 Å². The zero-order valence-corrected chi connectivity index (χ0v) is 14.0. The molecule has 0 fully saturated rings. The normalized spacial score (nSPS) is 10.6. The molecule has 0 nitrogen and oxygen atoms in total. The average molecular weight is 322 g/mol. The molecular formula is C20H18S2. The lowest BCUT2D eigenvalue weighted by molar-refractivity contribution is 1.40. The van der Waals surface area contributed by atoms with E-state index in [4.69, 9.17) is 0 Å². The molecule has 110 valence electrons. The molecule has 0 aliphatic carbocycles. The summed E-state index contributed by atoms with van der Waals surface area (Å²) in [6.07, 6.45) is 0. The van der Waals surface area contributed by atoms with Crippen molar-refractivity contribution in [3.8, 4) is 22.3 Å². The van der Waals surface area contributed by atoms with E-state index in [1.165, 1.54) is 33.4 Å². The summed E-state index contributed by atoms with van der Waals surface area (Å²) in [6.45, 7) is 0. The molecule has 3 aromatic rings. The highest BCUT2D eigenvalue weighted by Gasteiger charge is 2.07. The molecule has 0 saturated heterocycles. The lowest BCUT2D eigenvalue weighted by Gasteiger charge is -2.11. The average Bonchev–Trinajstić information content (AvgIpc) is 2.61. The Kier molecular flexibility index (Phi) is 4.91. The van der Waals surface area contributed by atoms with Crippen molar-refractivity contribution in [2.75, 3.05) is 0 Å². The highest BCUT2D eigenvalue weighted by molar-refractivity contribution is 7.79. The second kappa shape index (κ2) is 7.08. The fourth-order valence-corrected chi connectivity index (χ4v) is 3.29. The fourth-order valence-electron chi connectivity index (χ4n) is 2.73. The van der Waals surface area contributed by atoms with E-state index in [0.717, 1.165) is 11.5 Å². The largest absolute Gasteiger partial charge is 0.175 e. The summed E-state index contributed by atoms with van der Waals surface area (Å²) in [5.74, 6) is 1.49. The summed E-state index contributed by atoms with van der Waals surface area (Å²) < 4.78 is 0. The van der Waals surface area contributed by atoms with Gasteiger partial charge in [-0.15, -0.1) is 0 Å². The van der Waals surface area contributed by atoms with Crippen LogP contribution in [0.2, 0.25) is 0 Å². The maximum atomic E-state index is 4.45. The number of rotatable bonds is 4. The minimum absolute atomic E-state index is 0.744. The van der Waals surface area contributed by atoms with Gasteiger partial charge in [0.15, 0.2) is 0 Å². The predicted octanol–water partition coefficient (Wildman–Crippen LogP) is 5.88. The second-order valence-electron chi connectivity index (χ2n) is 5.21. The third-order valence-electron chi connectivity index (χ3n) is 3.86. The number of thiol groups is 2. The molecule has 0 aliphatic heterocycles. The van der Waals surface area contributed by atoms with Crippen LogP contribution in [0.5, 0.6) is 0 Å². The summed E-state index contributed by atoms with van der Waals surface area (Å²) in [7, 11) is 0. The van der Waals surface area contributed by atoms with Crippen LogP contribution in [0.3, 0.4) is 0 Å². The van der Waals surface area contributed by atoms with Gasteiger partial charge in [0.25, 0.3) is 0 Å². The Balaban J connectivity index is 2.10. The molecule has 0 atom stereocenters. The fraction of sp³-hybridized carbons (Fsp3) is 0.100. The minimum atomic E-state index is 0.744. The summed E-state index contributed by atoms with van der Waals surface area (Å²) >= 11 is 8.89. The maximum Gasteiger partial charge on any atom is 0.0160 e. The van der Waals surface area contributed by atoms with Crippen molar-refractivity contribution in [1.82, 2.24) is 0 Å². The molecule has 0 spiro atoms. The molecule has 0 saturated carbocycles. The Bertz CT molecular complexity index is 715. The van der Waals surface area contributed by atoms with Crippen molar-refractivity contribution in [2.24, 2.45) is 0 Å². The molecule has 3 rings (SSSR count).